The Morgan fingerprint density at radius 1 is 1.25 bits per heavy atom. The Balaban J connectivity index is 2.47. The summed E-state index contributed by atoms with van der Waals surface area (Å²) in [6.45, 7) is 1.84. The molecule has 0 radical (unpaired) electrons. The number of benzene rings is 1. The minimum atomic E-state index is -1.11. The molecule has 0 aliphatic carbocycles. The quantitative estimate of drug-likeness (QED) is 0.897. The third kappa shape index (κ3) is 2.56. The zero-order valence-corrected chi connectivity index (χ0v) is 11.2. The number of amides is 1. The van der Waals surface area contributed by atoms with Gasteiger partial charge in [0.25, 0.3) is 5.91 Å². The highest BCUT2D eigenvalue weighted by atomic mass is 16.4. The number of furan rings is 1. The second kappa shape index (κ2) is 5.61. The Bertz CT molecular complexity index is 631. The largest absolute Gasteiger partial charge is 0.478 e. The normalized spacial score (nSPS) is 11.9. The summed E-state index contributed by atoms with van der Waals surface area (Å²) in [5, 5.41) is 11.7. The van der Waals surface area contributed by atoms with Gasteiger partial charge in [0.05, 0.1) is 0 Å². The van der Waals surface area contributed by atoms with E-state index in [1.54, 1.807) is 0 Å². The van der Waals surface area contributed by atoms with E-state index in [0.717, 1.165) is 5.56 Å². The fraction of sp³-hybridized carbons (Fsp3) is 0.200. The van der Waals surface area contributed by atoms with Gasteiger partial charge in [-0.3, -0.25) is 4.79 Å². The molecule has 1 atom stereocenters. The van der Waals surface area contributed by atoms with Crippen molar-refractivity contribution in [1.82, 2.24) is 5.32 Å². The number of nitrogens with one attached hydrogen (secondary N) is 1. The van der Waals surface area contributed by atoms with Crippen molar-refractivity contribution in [3.05, 3.63) is 59.0 Å². The summed E-state index contributed by atoms with van der Waals surface area (Å²) in [6.07, 6.45) is 0. The second-order valence-corrected chi connectivity index (χ2v) is 4.41. The molecule has 0 aliphatic heterocycles. The minimum absolute atomic E-state index is 0.00248. The Labute approximate surface area is 116 Å². The van der Waals surface area contributed by atoms with Crippen molar-refractivity contribution in [3.63, 3.8) is 0 Å². The number of carbonyl (C=O) groups is 2. The Kier molecular flexibility index (Phi) is 3.89. The molecule has 5 heteroatoms. The molecule has 0 saturated carbocycles. The van der Waals surface area contributed by atoms with Crippen LogP contribution in [-0.4, -0.2) is 24.0 Å². The highest BCUT2D eigenvalue weighted by molar-refractivity contribution is 5.96. The van der Waals surface area contributed by atoms with Gasteiger partial charge in [0.15, 0.2) is 5.76 Å². The molecule has 1 aromatic heterocycles. The zero-order chi connectivity index (χ0) is 14.7. The van der Waals surface area contributed by atoms with Crippen LogP contribution in [0.25, 0.3) is 0 Å². The van der Waals surface area contributed by atoms with Crippen molar-refractivity contribution < 1.29 is 19.1 Å². The van der Waals surface area contributed by atoms with E-state index in [2.05, 4.69) is 5.32 Å². The van der Waals surface area contributed by atoms with Gasteiger partial charge in [-0.1, -0.05) is 37.3 Å². The van der Waals surface area contributed by atoms with Crippen molar-refractivity contribution >= 4 is 11.9 Å². The lowest BCUT2D eigenvalue weighted by molar-refractivity contribution is 0.0693. The maximum atomic E-state index is 11.6. The molecule has 2 rings (SSSR count). The van der Waals surface area contributed by atoms with Crippen molar-refractivity contribution in [1.29, 1.82) is 0 Å². The number of carboxylic acid groups (broad SMARTS) is 1. The average molecular weight is 273 g/mol. The van der Waals surface area contributed by atoms with Crippen LogP contribution in [0, 0.1) is 0 Å². The van der Waals surface area contributed by atoms with E-state index in [1.807, 2.05) is 37.3 Å². The molecule has 5 nitrogen and oxygen atoms in total. The molecule has 104 valence electrons. The summed E-state index contributed by atoms with van der Waals surface area (Å²) >= 11 is 0. The predicted molar refractivity (Wildman–Crippen MR) is 73.0 cm³/mol. The molecule has 2 aromatic rings. The fourth-order valence-electron chi connectivity index (χ4n) is 2.02. The average Bonchev–Trinajstić information content (AvgIpc) is 2.92. The van der Waals surface area contributed by atoms with Crippen LogP contribution in [0.1, 0.15) is 45.1 Å². The Hall–Kier alpha value is -2.56. The smallest absolute Gasteiger partial charge is 0.339 e. The topological polar surface area (TPSA) is 79.5 Å². The first-order valence-electron chi connectivity index (χ1n) is 6.18. The first-order valence-corrected chi connectivity index (χ1v) is 6.18. The highest BCUT2D eigenvalue weighted by Gasteiger charge is 2.25. The third-order valence-electron chi connectivity index (χ3n) is 3.13. The molecule has 1 amide bonds. The van der Waals surface area contributed by atoms with Gasteiger partial charge in [-0.2, -0.15) is 0 Å². The fourth-order valence-corrected chi connectivity index (χ4v) is 2.02. The van der Waals surface area contributed by atoms with Crippen LogP contribution < -0.4 is 5.32 Å². The molecule has 0 fully saturated rings. The lowest BCUT2D eigenvalue weighted by Gasteiger charge is -2.10. The van der Waals surface area contributed by atoms with Gasteiger partial charge in [0.1, 0.15) is 11.3 Å². The van der Waals surface area contributed by atoms with Crippen LogP contribution in [0.2, 0.25) is 0 Å². The molecule has 1 aromatic carbocycles. The third-order valence-corrected chi connectivity index (χ3v) is 3.13. The maximum Gasteiger partial charge on any atom is 0.339 e. The lowest BCUT2D eigenvalue weighted by Crippen LogP contribution is -2.16. The summed E-state index contributed by atoms with van der Waals surface area (Å²) in [4.78, 5) is 22.9. The van der Waals surface area contributed by atoms with Gasteiger partial charge in [0, 0.05) is 19.0 Å². The van der Waals surface area contributed by atoms with Gasteiger partial charge in [-0.05, 0) is 5.56 Å². The van der Waals surface area contributed by atoms with E-state index in [4.69, 9.17) is 4.42 Å². The van der Waals surface area contributed by atoms with Gasteiger partial charge in [0.2, 0.25) is 0 Å². The molecule has 1 heterocycles. The Morgan fingerprint density at radius 2 is 1.90 bits per heavy atom. The van der Waals surface area contributed by atoms with E-state index >= 15 is 0 Å². The molecular formula is C15H15NO4. The van der Waals surface area contributed by atoms with Crippen LogP contribution in [0.4, 0.5) is 0 Å². The van der Waals surface area contributed by atoms with Crippen molar-refractivity contribution in [2.75, 3.05) is 7.05 Å². The first-order chi connectivity index (χ1) is 9.54. The second-order valence-electron chi connectivity index (χ2n) is 4.41. The van der Waals surface area contributed by atoms with Crippen LogP contribution in [0.15, 0.2) is 40.8 Å². The SMILES string of the molecule is CNC(=O)c1cc(C(=O)O)c(C(C)c2ccccc2)o1. The van der Waals surface area contributed by atoms with E-state index in [9.17, 15) is 14.7 Å². The number of carbonyl (C=O) groups excluding carboxylic acids is 1. The van der Waals surface area contributed by atoms with Crippen LogP contribution >= 0.6 is 0 Å². The lowest BCUT2D eigenvalue weighted by atomic mass is 9.96. The predicted octanol–water partition coefficient (Wildman–Crippen LogP) is 2.49. The summed E-state index contributed by atoms with van der Waals surface area (Å²) in [7, 11) is 1.46. The molecule has 0 saturated heterocycles. The van der Waals surface area contributed by atoms with Crippen molar-refractivity contribution in [3.8, 4) is 0 Å². The molecule has 0 spiro atoms. The Morgan fingerprint density at radius 3 is 2.45 bits per heavy atom. The van der Waals surface area contributed by atoms with Gasteiger partial charge >= 0.3 is 5.97 Å². The molecule has 20 heavy (non-hydrogen) atoms. The summed E-state index contributed by atoms with van der Waals surface area (Å²) in [6, 6.07) is 10.7. The number of hydrogen-bond donors (Lipinski definition) is 2. The van der Waals surface area contributed by atoms with Crippen LogP contribution in [-0.2, 0) is 0 Å². The first kappa shape index (κ1) is 13.9. The van der Waals surface area contributed by atoms with E-state index in [-0.39, 0.29) is 23.0 Å². The number of aromatic carboxylic acids is 1. The highest BCUT2D eigenvalue weighted by Crippen LogP contribution is 2.29. The van der Waals surface area contributed by atoms with E-state index in [0.29, 0.717) is 0 Å². The molecule has 1 unspecified atom stereocenters. The van der Waals surface area contributed by atoms with E-state index in [1.165, 1.54) is 13.1 Å². The van der Waals surface area contributed by atoms with Gasteiger partial charge < -0.3 is 14.8 Å². The van der Waals surface area contributed by atoms with Gasteiger partial charge in [-0.15, -0.1) is 0 Å². The van der Waals surface area contributed by atoms with Crippen LogP contribution in [0.5, 0.6) is 0 Å². The summed E-state index contributed by atoms with van der Waals surface area (Å²) in [5.74, 6) is -1.52. The standard InChI is InChI=1S/C15H15NO4/c1-9(10-6-4-3-5-7-10)13-11(15(18)19)8-12(20-13)14(17)16-2/h3-9H,1-2H3,(H,16,17)(H,18,19). The maximum absolute atomic E-state index is 11.6. The van der Waals surface area contributed by atoms with Crippen molar-refractivity contribution in [2.45, 2.75) is 12.8 Å². The van der Waals surface area contributed by atoms with Crippen LogP contribution in [0.3, 0.4) is 0 Å². The number of hydrogen-bond acceptors (Lipinski definition) is 3. The number of carboxylic acids is 1. The number of rotatable bonds is 4. The molecular weight excluding hydrogens is 258 g/mol. The van der Waals surface area contributed by atoms with Crippen molar-refractivity contribution in [2.24, 2.45) is 0 Å². The zero-order valence-electron chi connectivity index (χ0n) is 11.2. The molecule has 0 bridgehead atoms. The monoisotopic (exact) mass is 273 g/mol. The van der Waals surface area contributed by atoms with Gasteiger partial charge in [-0.25, -0.2) is 4.79 Å². The molecule has 0 aliphatic rings. The summed E-state index contributed by atoms with van der Waals surface area (Å²) < 4.78 is 5.45. The molecule has 2 N–H and O–H groups in total. The minimum Gasteiger partial charge on any atom is -0.478 e. The summed E-state index contributed by atoms with van der Waals surface area (Å²) in [5.41, 5.74) is 0.938. The van der Waals surface area contributed by atoms with E-state index < -0.39 is 11.9 Å².